The van der Waals surface area contributed by atoms with Crippen LogP contribution in [-0.2, 0) is 10.8 Å². The predicted molar refractivity (Wildman–Crippen MR) is 135 cm³/mol. The number of carboxylic acids is 2. The third kappa shape index (κ3) is 12.7. The van der Waals surface area contributed by atoms with Crippen molar-refractivity contribution in [3.8, 4) is 11.5 Å². The fourth-order valence-corrected chi connectivity index (χ4v) is 2.89. The zero-order valence-electron chi connectivity index (χ0n) is 22.8. The minimum Gasteiger partial charge on any atom is -0.872 e. The number of rotatable bonds is 2. The Hall–Kier alpha value is -2.32. The van der Waals surface area contributed by atoms with E-state index in [4.69, 9.17) is 21.8 Å². The molecule has 0 atom stereocenters. The van der Waals surface area contributed by atoms with E-state index in [0.29, 0.717) is 0 Å². The molecule has 3 aromatic carbocycles. The molecule has 6 nitrogen and oxygen atoms in total. The number of carbonyl (C=O) groups is 2. The Labute approximate surface area is 248 Å². The van der Waals surface area contributed by atoms with Gasteiger partial charge in [0.05, 0.1) is 11.1 Å². The molecule has 0 aliphatic carbocycles. The van der Waals surface area contributed by atoms with Crippen molar-refractivity contribution in [2.24, 2.45) is 0 Å². The van der Waals surface area contributed by atoms with Gasteiger partial charge in [0.2, 0.25) is 0 Å². The maximum absolute atomic E-state index is 11.2. The first-order valence-corrected chi connectivity index (χ1v) is 11.2. The summed E-state index contributed by atoms with van der Waals surface area (Å²) < 4.78 is 0. The van der Waals surface area contributed by atoms with Crippen LogP contribution in [0.3, 0.4) is 0 Å². The normalized spacial score (nSPS) is 10.2. The van der Waals surface area contributed by atoms with Gasteiger partial charge in [0.25, 0.3) is 0 Å². The van der Waals surface area contributed by atoms with Crippen molar-refractivity contribution in [1.29, 1.82) is 0 Å². The van der Waals surface area contributed by atoms with Gasteiger partial charge in [-0.1, -0.05) is 107 Å². The van der Waals surface area contributed by atoms with Gasteiger partial charge in [0.1, 0.15) is 0 Å². The molecule has 37 heavy (non-hydrogen) atoms. The monoisotopic (exact) mass is 512 g/mol. The van der Waals surface area contributed by atoms with Crippen LogP contribution in [0.15, 0.2) is 66.7 Å². The standard InChI is InChI=1S/2C11H14O3.C6H5Cl.2Li/c2*1-11(2,3)7-4-5-9(12)8(6-7)10(13)14;7-6-4-2-1-3-5-6;;/h2*4-6,12H,1-3H3,(H,13,14);1-5H;;/q;;;2*+1/p-2. The number of carboxylic acid groups (broad SMARTS) is 2. The summed E-state index contributed by atoms with van der Waals surface area (Å²) in [6, 6.07) is 18.3. The molecule has 0 amide bonds. The zero-order valence-corrected chi connectivity index (χ0v) is 23.5. The second kappa shape index (κ2) is 15.8. The average Bonchev–Trinajstić information content (AvgIpc) is 2.74. The average molecular weight is 513 g/mol. The predicted octanol–water partition coefficient (Wildman–Crippen LogP) is -0.140. The zero-order chi connectivity index (χ0) is 27.0. The molecule has 2 N–H and O–H groups in total. The Bertz CT molecular complexity index is 1080. The SMILES string of the molecule is CC(C)(C)c1ccc([O-])c(C(=O)O)c1.CC(C)(C)c1ccc([O-])c(C(=O)O)c1.Clc1ccccc1.[Li+].[Li+]. The quantitative estimate of drug-likeness (QED) is 0.461. The summed E-state index contributed by atoms with van der Waals surface area (Å²) in [6.45, 7) is 11.8. The topological polar surface area (TPSA) is 121 Å². The number of halogens is 1. The molecule has 0 aliphatic rings. The molecule has 3 aromatic rings. The summed E-state index contributed by atoms with van der Waals surface area (Å²) in [5, 5.41) is 40.6. The van der Waals surface area contributed by atoms with Crippen molar-refractivity contribution in [2.75, 3.05) is 0 Å². The van der Waals surface area contributed by atoms with Gasteiger partial charge in [-0.3, -0.25) is 0 Å². The van der Waals surface area contributed by atoms with Crippen molar-refractivity contribution in [3.05, 3.63) is 94.0 Å². The summed E-state index contributed by atoms with van der Waals surface area (Å²) in [5.74, 6) is -3.21. The first-order chi connectivity index (χ1) is 16.0. The third-order valence-electron chi connectivity index (χ3n) is 4.89. The van der Waals surface area contributed by atoms with Crippen LogP contribution < -0.4 is 47.9 Å². The second-order valence-electron chi connectivity index (χ2n) is 9.83. The Morgan fingerprint density at radius 1 is 0.649 bits per heavy atom. The van der Waals surface area contributed by atoms with Gasteiger partial charge >= 0.3 is 49.7 Å². The second-order valence-corrected chi connectivity index (χ2v) is 10.3. The molecular formula is C28H31ClLi2O6. The van der Waals surface area contributed by atoms with Crippen LogP contribution in [0.25, 0.3) is 0 Å². The van der Waals surface area contributed by atoms with Gasteiger partial charge in [0.15, 0.2) is 0 Å². The summed E-state index contributed by atoms with van der Waals surface area (Å²) in [7, 11) is 0. The van der Waals surface area contributed by atoms with Gasteiger partial charge < -0.3 is 20.4 Å². The first kappa shape index (κ1) is 36.8. The number of hydrogen-bond donors (Lipinski definition) is 2. The van der Waals surface area contributed by atoms with Crippen LogP contribution in [0.5, 0.6) is 11.5 Å². The van der Waals surface area contributed by atoms with Crippen LogP contribution in [0.2, 0.25) is 5.02 Å². The molecule has 0 unspecified atom stereocenters. The van der Waals surface area contributed by atoms with Crippen LogP contribution in [0.1, 0.15) is 73.4 Å². The number of benzene rings is 3. The summed E-state index contributed by atoms with van der Waals surface area (Å²) in [4.78, 5) is 21.4. The van der Waals surface area contributed by atoms with E-state index in [0.717, 1.165) is 16.1 Å². The van der Waals surface area contributed by atoms with Crippen LogP contribution in [0, 0.1) is 0 Å². The molecule has 0 saturated carbocycles. The fraction of sp³-hybridized carbons (Fsp3) is 0.286. The molecule has 0 saturated heterocycles. The molecule has 9 heteroatoms. The minimum atomic E-state index is -1.17. The molecule has 0 aromatic heterocycles. The maximum atomic E-state index is 11.2. The summed E-state index contributed by atoms with van der Waals surface area (Å²) in [5.41, 5.74) is 1.12. The van der Waals surface area contributed by atoms with Crippen LogP contribution >= 0.6 is 11.6 Å². The van der Waals surface area contributed by atoms with E-state index in [9.17, 15) is 19.8 Å². The van der Waals surface area contributed by atoms with E-state index in [2.05, 4.69) is 0 Å². The van der Waals surface area contributed by atoms with Crippen LogP contribution in [-0.4, -0.2) is 22.2 Å². The molecular weight excluding hydrogens is 482 g/mol. The number of hydrogen-bond acceptors (Lipinski definition) is 4. The van der Waals surface area contributed by atoms with Crippen molar-refractivity contribution in [1.82, 2.24) is 0 Å². The molecule has 0 aliphatic heterocycles. The number of aromatic carboxylic acids is 2. The largest absolute Gasteiger partial charge is 1.00 e. The summed E-state index contributed by atoms with van der Waals surface area (Å²) >= 11 is 5.54. The Morgan fingerprint density at radius 2 is 0.973 bits per heavy atom. The van der Waals surface area contributed by atoms with E-state index in [1.54, 1.807) is 12.1 Å². The molecule has 0 fully saturated rings. The van der Waals surface area contributed by atoms with Crippen molar-refractivity contribution >= 4 is 23.5 Å². The van der Waals surface area contributed by atoms with E-state index < -0.39 is 23.4 Å². The molecule has 0 radical (unpaired) electrons. The fourth-order valence-electron chi connectivity index (χ4n) is 2.74. The molecule has 0 spiro atoms. The Kier molecular flexibility index (Phi) is 15.8. The van der Waals surface area contributed by atoms with Gasteiger partial charge in [-0.25, -0.2) is 9.59 Å². The van der Waals surface area contributed by atoms with E-state index in [1.165, 1.54) is 24.3 Å². The maximum Gasteiger partial charge on any atom is 1.00 e. The van der Waals surface area contributed by atoms with E-state index in [1.807, 2.05) is 71.9 Å². The van der Waals surface area contributed by atoms with Crippen molar-refractivity contribution < 1.29 is 67.7 Å². The van der Waals surface area contributed by atoms with Gasteiger partial charge in [-0.05, 0) is 46.2 Å². The van der Waals surface area contributed by atoms with E-state index >= 15 is 0 Å². The van der Waals surface area contributed by atoms with Crippen molar-refractivity contribution in [3.63, 3.8) is 0 Å². The first-order valence-electron chi connectivity index (χ1n) is 10.8. The van der Waals surface area contributed by atoms with E-state index in [-0.39, 0.29) is 59.7 Å². The van der Waals surface area contributed by atoms with Crippen LogP contribution in [0.4, 0.5) is 0 Å². The Balaban J connectivity index is 0. The van der Waals surface area contributed by atoms with Gasteiger partial charge in [-0.15, -0.1) is 0 Å². The molecule has 3 rings (SSSR count). The van der Waals surface area contributed by atoms with Gasteiger partial charge in [0, 0.05) is 5.02 Å². The third-order valence-corrected chi connectivity index (χ3v) is 5.14. The van der Waals surface area contributed by atoms with Crippen molar-refractivity contribution in [2.45, 2.75) is 52.4 Å². The molecule has 0 bridgehead atoms. The van der Waals surface area contributed by atoms with Gasteiger partial charge in [-0.2, -0.15) is 0 Å². The smallest absolute Gasteiger partial charge is 0.872 e. The Morgan fingerprint density at radius 3 is 1.19 bits per heavy atom. The minimum absolute atomic E-state index is 0. The summed E-state index contributed by atoms with van der Waals surface area (Å²) in [6.07, 6.45) is 0. The molecule has 188 valence electrons. The molecule has 0 heterocycles.